The Kier molecular flexibility index (Phi) is 10.8. The summed E-state index contributed by atoms with van der Waals surface area (Å²) in [6.07, 6.45) is 23.7. The molecule has 272 valence electrons. The molecule has 0 N–H and O–H groups in total. The van der Waals surface area contributed by atoms with Gasteiger partial charge in [0.1, 0.15) is 11.5 Å². The molecule has 0 heterocycles. The highest BCUT2D eigenvalue weighted by Gasteiger charge is 2.37. The van der Waals surface area contributed by atoms with Crippen LogP contribution >= 0.6 is 0 Å². The molecule has 0 amide bonds. The molecule has 3 heteroatoms. The van der Waals surface area contributed by atoms with E-state index in [1.54, 1.807) is 5.56 Å². The molecule has 9 unspecified atom stereocenters. The zero-order chi connectivity index (χ0) is 36.1. The minimum atomic E-state index is -0.263. The Morgan fingerprint density at radius 2 is 1.13 bits per heavy atom. The molecular formula is C50H54O3. The molecule has 9 atom stereocenters. The Labute approximate surface area is 316 Å². The van der Waals surface area contributed by atoms with E-state index in [1.807, 2.05) is 12.1 Å². The van der Waals surface area contributed by atoms with E-state index < -0.39 is 0 Å². The number of hydrogen-bond acceptors (Lipinski definition) is 3. The van der Waals surface area contributed by atoms with Crippen molar-refractivity contribution in [3.63, 3.8) is 0 Å². The number of allylic oxidation sites excluding steroid dienone is 6. The summed E-state index contributed by atoms with van der Waals surface area (Å²) in [6, 6.07) is 35.9. The maximum atomic E-state index is 10.8. The van der Waals surface area contributed by atoms with Crippen molar-refractivity contribution in [2.24, 2.45) is 41.4 Å². The largest absolute Gasteiger partial charge is 0.493 e. The standard InChI is InChI=1S/C21H22O.C15H16O2.C14H16/c1-2-6-17(7-3-1)20-8-4-5-9-21(20)22-13-12-19-15-16-10-11-18(19)14-16;1-10(16)17-14-6-4-12(5-7-14)15-9-11-2-3-13(15)8-11;1-10-2-5-12(6-3-10)14-9-11-4-7-13(14)8-11/h1-11,16,18-19H,12-15H2;2-7,11,13,15H,8-9H2,1H3;2-7,11,13-14H,8-9H2,1H3. The Hall–Kier alpha value is -4.63. The van der Waals surface area contributed by atoms with Crippen molar-refractivity contribution >= 4 is 5.97 Å². The van der Waals surface area contributed by atoms with Crippen molar-refractivity contribution in [1.82, 2.24) is 0 Å². The Balaban J connectivity index is 0.000000116. The molecule has 6 aliphatic carbocycles. The number of rotatable bonds is 8. The number of carbonyl (C=O) groups excluding carboxylic acids is 1. The highest BCUT2D eigenvalue weighted by Crippen LogP contribution is 2.50. The summed E-state index contributed by atoms with van der Waals surface area (Å²) >= 11 is 0. The van der Waals surface area contributed by atoms with Gasteiger partial charge in [-0.25, -0.2) is 0 Å². The molecule has 6 bridgehead atoms. The molecule has 3 saturated carbocycles. The predicted octanol–water partition coefficient (Wildman–Crippen LogP) is 12.3. The van der Waals surface area contributed by atoms with Gasteiger partial charge < -0.3 is 9.47 Å². The summed E-state index contributed by atoms with van der Waals surface area (Å²) in [6.45, 7) is 4.41. The smallest absolute Gasteiger partial charge is 0.308 e. The number of aryl methyl sites for hydroxylation is 1. The fraction of sp³-hybridized carbons (Fsp3) is 0.380. The van der Waals surface area contributed by atoms with Gasteiger partial charge in [-0.1, -0.05) is 127 Å². The van der Waals surface area contributed by atoms with Gasteiger partial charge in [0.05, 0.1) is 6.61 Å². The Morgan fingerprint density at radius 1 is 0.585 bits per heavy atom. The quantitative estimate of drug-likeness (QED) is 0.104. The monoisotopic (exact) mass is 702 g/mol. The van der Waals surface area contributed by atoms with E-state index in [0.717, 1.165) is 59.7 Å². The van der Waals surface area contributed by atoms with Crippen molar-refractivity contribution < 1.29 is 14.3 Å². The minimum absolute atomic E-state index is 0.263. The van der Waals surface area contributed by atoms with E-state index in [0.29, 0.717) is 11.7 Å². The van der Waals surface area contributed by atoms with Crippen molar-refractivity contribution in [1.29, 1.82) is 0 Å². The predicted molar refractivity (Wildman–Crippen MR) is 216 cm³/mol. The number of para-hydroxylation sites is 1. The van der Waals surface area contributed by atoms with Gasteiger partial charge >= 0.3 is 5.97 Å². The van der Waals surface area contributed by atoms with E-state index in [-0.39, 0.29) is 5.97 Å². The van der Waals surface area contributed by atoms with Crippen LogP contribution in [0.15, 0.2) is 140 Å². The maximum absolute atomic E-state index is 10.8. The first-order valence-electron chi connectivity index (χ1n) is 20.1. The fourth-order valence-corrected chi connectivity index (χ4v) is 10.1. The van der Waals surface area contributed by atoms with Crippen LogP contribution in [0.4, 0.5) is 0 Å². The van der Waals surface area contributed by atoms with Crippen LogP contribution in [-0.4, -0.2) is 12.6 Å². The zero-order valence-electron chi connectivity index (χ0n) is 31.4. The zero-order valence-corrected chi connectivity index (χ0v) is 31.4. The normalized spacial score (nSPS) is 29.1. The third-order valence-electron chi connectivity index (χ3n) is 12.8. The van der Waals surface area contributed by atoms with Crippen LogP contribution in [0.25, 0.3) is 11.1 Å². The second-order valence-electron chi connectivity index (χ2n) is 16.4. The van der Waals surface area contributed by atoms with Crippen LogP contribution in [0.5, 0.6) is 11.5 Å². The van der Waals surface area contributed by atoms with E-state index >= 15 is 0 Å². The molecule has 10 rings (SSSR count). The van der Waals surface area contributed by atoms with Gasteiger partial charge in [0.25, 0.3) is 0 Å². The summed E-state index contributed by atoms with van der Waals surface area (Å²) in [5.74, 6) is 8.59. The van der Waals surface area contributed by atoms with E-state index in [1.165, 1.54) is 74.1 Å². The number of esters is 1. The van der Waals surface area contributed by atoms with Crippen LogP contribution in [0, 0.1) is 48.3 Å². The summed E-state index contributed by atoms with van der Waals surface area (Å²) in [5, 5.41) is 0. The molecular weight excluding hydrogens is 649 g/mol. The van der Waals surface area contributed by atoms with Gasteiger partial charge in [0.15, 0.2) is 0 Å². The number of ether oxygens (including phenoxy) is 2. The first kappa shape index (κ1) is 35.4. The summed E-state index contributed by atoms with van der Waals surface area (Å²) in [5.41, 5.74) is 6.70. The number of fused-ring (bicyclic) bond motifs is 6. The topological polar surface area (TPSA) is 35.5 Å². The number of carbonyl (C=O) groups is 1. The van der Waals surface area contributed by atoms with Crippen molar-refractivity contribution in [3.8, 4) is 22.6 Å². The Bertz CT molecular complexity index is 1920. The average molecular weight is 703 g/mol. The summed E-state index contributed by atoms with van der Waals surface area (Å²) in [4.78, 5) is 10.8. The first-order chi connectivity index (χ1) is 25.9. The molecule has 0 spiro atoms. The molecule has 0 radical (unpaired) electrons. The van der Waals surface area contributed by atoms with E-state index in [4.69, 9.17) is 9.47 Å². The molecule has 4 aromatic carbocycles. The van der Waals surface area contributed by atoms with Crippen molar-refractivity contribution in [2.75, 3.05) is 6.61 Å². The van der Waals surface area contributed by atoms with Gasteiger partial charge in [0, 0.05) is 12.5 Å². The lowest BCUT2D eigenvalue weighted by Gasteiger charge is -2.19. The van der Waals surface area contributed by atoms with Crippen molar-refractivity contribution in [2.45, 2.75) is 70.6 Å². The molecule has 0 saturated heterocycles. The third kappa shape index (κ3) is 8.46. The highest BCUT2D eigenvalue weighted by molar-refractivity contribution is 5.70. The molecule has 0 aromatic heterocycles. The molecule has 3 fully saturated rings. The molecule has 53 heavy (non-hydrogen) atoms. The van der Waals surface area contributed by atoms with Crippen LogP contribution in [-0.2, 0) is 4.79 Å². The van der Waals surface area contributed by atoms with Gasteiger partial charge in [-0.05, 0) is 140 Å². The van der Waals surface area contributed by atoms with Crippen molar-refractivity contribution in [3.05, 3.63) is 156 Å². The van der Waals surface area contributed by atoms with Crippen LogP contribution in [0.3, 0.4) is 0 Å². The number of benzene rings is 4. The van der Waals surface area contributed by atoms with E-state index in [2.05, 4.69) is 134 Å². The summed E-state index contributed by atoms with van der Waals surface area (Å²) < 4.78 is 11.2. The molecule has 0 aliphatic heterocycles. The molecule has 6 aliphatic rings. The highest BCUT2D eigenvalue weighted by atomic mass is 16.5. The summed E-state index contributed by atoms with van der Waals surface area (Å²) in [7, 11) is 0. The molecule has 3 nitrogen and oxygen atoms in total. The second kappa shape index (κ2) is 16.2. The van der Waals surface area contributed by atoms with Crippen LogP contribution in [0.2, 0.25) is 0 Å². The Morgan fingerprint density at radius 3 is 1.66 bits per heavy atom. The minimum Gasteiger partial charge on any atom is -0.493 e. The van der Waals surface area contributed by atoms with Gasteiger partial charge in [-0.15, -0.1) is 0 Å². The lowest BCUT2D eigenvalue weighted by Crippen LogP contribution is -2.11. The average Bonchev–Trinajstić information content (AvgIpc) is 4.06. The fourth-order valence-electron chi connectivity index (χ4n) is 10.1. The SMILES string of the molecule is C1=CC2CC1CC2CCOc1ccccc1-c1ccccc1.CC(=O)Oc1ccc(C2CC3C=CC2C3)cc1.Cc1ccc(C2CC3C=CC2C3)cc1. The first-order valence-corrected chi connectivity index (χ1v) is 20.1. The van der Waals surface area contributed by atoms with E-state index in [9.17, 15) is 4.79 Å². The lowest BCUT2D eigenvalue weighted by molar-refractivity contribution is -0.131. The lowest BCUT2D eigenvalue weighted by atomic mass is 9.87. The molecule has 4 aromatic rings. The maximum Gasteiger partial charge on any atom is 0.308 e. The number of hydrogen-bond donors (Lipinski definition) is 0. The second-order valence-corrected chi connectivity index (χ2v) is 16.4. The van der Waals surface area contributed by atoms with Gasteiger partial charge in [-0.3, -0.25) is 4.79 Å². The van der Waals surface area contributed by atoms with Gasteiger partial charge in [0.2, 0.25) is 0 Å². The van der Waals surface area contributed by atoms with Crippen LogP contribution in [0.1, 0.15) is 80.4 Å². The third-order valence-corrected chi connectivity index (χ3v) is 12.8. The van der Waals surface area contributed by atoms with Crippen LogP contribution < -0.4 is 9.47 Å². The van der Waals surface area contributed by atoms with Gasteiger partial charge in [-0.2, -0.15) is 0 Å².